The molecule has 128 valence electrons. The van der Waals surface area contributed by atoms with E-state index in [2.05, 4.69) is 20.0 Å². The number of aromatic amines is 1. The van der Waals surface area contributed by atoms with Crippen LogP contribution in [0.2, 0.25) is 5.02 Å². The summed E-state index contributed by atoms with van der Waals surface area (Å²) >= 11 is 5.93. The van der Waals surface area contributed by atoms with Crippen molar-refractivity contribution in [1.29, 1.82) is 0 Å². The molecular weight excluding hydrogens is 338 g/mol. The van der Waals surface area contributed by atoms with Gasteiger partial charge in [-0.1, -0.05) is 11.6 Å². The predicted octanol–water partition coefficient (Wildman–Crippen LogP) is 2.38. The molecule has 3 aromatic rings. The van der Waals surface area contributed by atoms with E-state index in [1.54, 1.807) is 16.8 Å². The van der Waals surface area contributed by atoms with E-state index in [9.17, 15) is 4.79 Å². The number of aromatic nitrogens is 4. The van der Waals surface area contributed by atoms with Crippen molar-refractivity contribution in [2.75, 3.05) is 6.54 Å². The lowest BCUT2D eigenvalue weighted by atomic mass is 10.1. The molecule has 1 N–H and O–H groups in total. The van der Waals surface area contributed by atoms with Gasteiger partial charge in [0.15, 0.2) is 0 Å². The molecule has 0 unspecified atom stereocenters. The minimum atomic E-state index is -0.0688. The van der Waals surface area contributed by atoms with Gasteiger partial charge < -0.3 is 4.98 Å². The second kappa shape index (κ2) is 6.46. The van der Waals surface area contributed by atoms with E-state index in [0.29, 0.717) is 17.4 Å². The van der Waals surface area contributed by atoms with Gasteiger partial charge in [0.2, 0.25) is 0 Å². The van der Waals surface area contributed by atoms with E-state index >= 15 is 0 Å². The Balaban J connectivity index is 1.59. The molecule has 2 aromatic heterocycles. The van der Waals surface area contributed by atoms with Gasteiger partial charge in [-0.25, -0.2) is 4.98 Å². The first-order valence-electron chi connectivity index (χ1n) is 8.17. The molecule has 1 aliphatic heterocycles. The molecule has 0 aliphatic carbocycles. The Morgan fingerprint density at radius 3 is 2.76 bits per heavy atom. The summed E-state index contributed by atoms with van der Waals surface area (Å²) in [6, 6.07) is 9.32. The molecule has 1 aromatic carbocycles. The van der Waals surface area contributed by atoms with Crippen LogP contribution in [0.4, 0.5) is 0 Å². The Morgan fingerprint density at radius 1 is 1.24 bits per heavy atom. The SMILES string of the molecule is Cn1ccc(CN2CCc3nc(-c4ccc(Cl)cc4)[nH]c(=O)c3C2)n1. The molecule has 3 heterocycles. The zero-order valence-electron chi connectivity index (χ0n) is 13.9. The molecule has 6 nitrogen and oxygen atoms in total. The highest BCUT2D eigenvalue weighted by molar-refractivity contribution is 6.30. The second-order valence-electron chi connectivity index (χ2n) is 6.29. The first kappa shape index (κ1) is 16.1. The summed E-state index contributed by atoms with van der Waals surface area (Å²) < 4.78 is 1.79. The van der Waals surface area contributed by atoms with Gasteiger partial charge in [0.05, 0.1) is 17.0 Å². The van der Waals surface area contributed by atoms with Gasteiger partial charge in [0.25, 0.3) is 5.56 Å². The number of aryl methyl sites for hydroxylation is 1. The molecule has 0 saturated heterocycles. The summed E-state index contributed by atoms with van der Waals surface area (Å²) in [4.78, 5) is 22.4. The number of hydrogen-bond donors (Lipinski definition) is 1. The first-order chi connectivity index (χ1) is 12.1. The summed E-state index contributed by atoms with van der Waals surface area (Å²) in [5, 5.41) is 5.07. The number of rotatable bonds is 3. The van der Waals surface area contributed by atoms with Gasteiger partial charge in [-0.2, -0.15) is 5.10 Å². The fourth-order valence-corrected chi connectivity index (χ4v) is 3.26. The van der Waals surface area contributed by atoms with Gasteiger partial charge >= 0.3 is 0 Å². The zero-order chi connectivity index (χ0) is 17.4. The van der Waals surface area contributed by atoms with Crippen molar-refractivity contribution in [3.8, 4) is 11.4 Å². The van der Waals surface area contributed by atoms with Crippen molar-refractivity contribution in [1.82, 2.24) is 24.6 Å². The lowest BCUT2D eigenvalue weighted by Gasteiger charge is -2.27. The van der Waals surface area contributed by atoms with E-state index in [4.69, 9.17) is 11.6 Å². The van der Waals surface area contributed by atoms with Crippen molar-refractivity contribution >= 4 is 11.6 Å². The maximum Gasteiger partial charge on any atom is 0.255 e. The predicted molar refractivity (Wildman–Crippen MR) is 96.3 cm³/mol. The third-order valence-corrected chi connectivity index (χ3v) is 4.67. The molecule has 0 spiro atoms. The molecule has 25 heavy (non-hydrogen) atoms. The van der Waals surface area contributed by atoms with Crippen LogP contribution in [0.1, 0.15) is 17.0 Å². The quantitative estimate of drug-likeness (QED) is 0.783. The number of benzene rings is 1. The van der Waals surface area contributed by atoms with Crippen LogP contribution in [0.15, 0.2) is 41.3 Å². The van der Waals surface area contributed by atoms with E-state index < -0.39 is 0 Å². The minimum absolute atomic E-state index is 0.0688. The number of nitrogens with one attached hydrogen (secondary N) is 1. The van der Waals surface area contributed by atoms with E-state index in [-0.39, 0.29) is 5.56 Å². The molecule has 0 atom stereocenters. The van der Waals surface area contributed by atoms with Gasteiger partial charge in [-0.05, 0) is 30.3 Å². The maximum absolute atomic E-state index is 12.6. The number of hydrogen-bond acceptors (Lipinski definition) is 4. The average molecular weight is 356 g/mol. The Kier molecular flexibility index (Phi) is 4.15. The van der Waals surface area contributed by atoms with Crippen LogP contribution in [-0.4, -0.2) is 31.2 Å². The second-order valence-corrected chi connectivity index (χ2v) is 6.72. The molecular formula is C18H18ClN5O. The van der Waals surface area contributed by atoms with Gasteiger partial charge in [-0.3, -0.25) is 14.4 Å². The lowest BCUT2D eigenvalue weighted by molar-refractivity contribution is 0.238. The van der Waals surface area contributed by atoms with Gasteiger partial charge in [0.1, 0.15) is 5.82 Å². The van der Waals surface area contributed by atoms with Crippen LogP contribution in [0.3, 0.4) is 0 Å². The number of fused-ring (bicyclic) bond motifs is 1. The summed E-state index contributed by atoms with van der Waals surface area (Å²) in [7, 11) is 1.90. The third-order valence-electron chi connectivity index (χ3n) is 4.42. The molecule has 0 radical (unpaired) electrons. The van der Waals surface area contributed by atoms with Crippen LogP contribution in [0.25, 0.3) is 11.4 Å². The van der Waals surface area contributed by atoms with E-state index in [0.717, 1.165) is 42.0 Å². The third kappa shape index (κ3) is 3.36. The van der Waals surface area contributed by atoms with Crippen LogP contribution in [0.5, 0.6) is 0 Å². The topological polar surface area (TPSA) is 66.8 Å². The molecule has 1 aliphatic rings. The van der Waals surface area contributed by atoms with Crippen LogP contribution in [0, 0.1) is 0 Å². The number of nitrogens with zero attached hydrogens (tertiary/aromatic N) is 4. The van der Waals surface area contributed by atoms with Crippen LogP contribution in [-0.2, 0) is 26.6 Å². The first-order valence-corrected chi connectivity index (χ1v) is 8.55. The standard InChI is InChI=1S/C18H18ClN5O/c1-23-8-6-14(22-23)10-24-9-7-16-15(11-24)18(25)21-17(20-16)12-2-4-13(19)5-3-12/h2-6,8H,7,9-11H2,1H3,(H,20,21,25). The van der Waals surface area contributed by atoms with Gasteiger partial charge in [-0.15, -0.1) is 0 Å². The molecule has 4 rings (SSSR count). The largest absolute Gasteiger partial charge is 0.306 e. The fraction of sp³-hybridized carbons (Fsp3) is 0.278. The Morgan fingerprint density at radius 2 is 2.04 bits per heavy atom. The molecule has 7 heteroatoms. The lowest BCUT2D eigenvalue weighted by Crippen LogP contribution is -2.35. The number of halogens is 1. The highest BCUT2D eigenvalue weighted by Gasteiger charge is 2.22. The average Bonchev–Trinajstić information content (AvgIpc) is 3.01. The normalized spacial score (nSPS) is 14.5. The van der Waals surface area contributed by atoms with E-state index in [1.807, 2.05) is 31.4 Å². The maximum atomic E-state index is 12.6. The summed E-state index contributed by atoms with van der Waals surface area (Å²) in [6.45, 7) is 2.19. The molecule has 0 bridgehead atoms. The van der Waals surface area contributed by atoms with Crippen molar-refractivity contribution in [2.45, 2.75) is 19.5 Å². The Hall–Kier alpha value is -2.44. The Labute approximate surface area is 150 Å². The smallest absolute Gasteiger partial charge is 0.255 e. The summed E-state index contributed by atoms with van der Waals surface area (Å²) in [6.07, 6.45) is 2.69. The summed E-state index contributed by atoms with van der Waals surface area (Å²) in [5.74, 6) is 0.596. The highest BCUT2D eigenvalue weighted by Crippen LogP contribution is 2.21. The van der Waals surface area contributed by atoms with Gasteiger partial charge in [0, 0.05) is 49.9 Å². The van der Waals surface area contributed by atoms with Crippen molar-refractivity contribution in [3.63, 3.8) is 0 Å². The molecule has 0 saturated carbocycles. The van der Waals surface area contributed by atoms with Crippen LogP contribution >= 0.6 is 11.6 Å². The zero-order valence-corrected chi connectivity index (χ0v) is 14.6. The van der Waals surface area contributed by atoms with E-state index in [1.165, 1.54) is 0 Å². The van der Waals surface area contributed by atoms with Crippen molar-refractivity contribution in [3.05, 3.63) is 68.9 Å². The molecule has 0 fully saturated rings. The number of H-pyrrole nitrogens is 1. The Bertz CT molecular complexity index is 960. The highest BCUT2D eigenvalue weighted by atomic mass is 35.5. The van der Waals surface area contributed by atoms with Crippen molar-refractivity contribution in [2.24, 2.45) is 7.05 Å². The summed E-state index contributed by atoms with van der Waals surface area (Å²) in [5.41, 5.74) is 3.43. The van der Waals surface area contributed by atoms with Crippen molar-refractivity contribution < 1.29 is 0 Å². The monoisotopic (exact) mass is 355 g/mol. The fourth-order valence-electron chi connectivity index (χ4n) is 3.14. The minimum Gasteiger partial charge on any atom is -0.306 e. The molecule has 0 amide bonds. The van der Waals surface area contributed by atoms with Crippen LogP contribution < -0.4 is 5.56 Å².